The van der Waals surface area contributed by atoms with Gasteiger partial charge in [-0.1, -0.05) is 6.07 Å². The molecule has 1 aromatic rings. The van der Waals surface area contributed by atoms with Gasteiger partial charge in [-0.05, 0) is 31.5 Å². The van der Waals surface area contributed by atoms with Gasteiger partial charge in [-0.15, -0.1) is 0 Å². The van der Waals surface area contributed by atoms with E-state index in [1.165, 1.54) is 7.11 Å². The summed E-state index contributed by atoms with van der Waals surface area (Å²) >= 11 is 0. The van der Waals surface area contributed by atoms with Crippen LogP contribution < -0.4 is 15.4 Å². The zero-order valence-electron chi connectivity index (χ0n) is 11.3. The van der Waals surface area contributed by atoms with Gasteiger partial charge in [0.1, 0.15) is 12.3 Å². The molecule has 104 valence electrons. The number of nitrogens with one attached hydrogen (secondary N) is 2. The SMILES string of the molecule is CCOC(=O)NCC(=O)Nc1cc(C)ccc1OC. The average molecular weight is 266 g/mol. The molecular formula is C13H18N2O4. The molecule has 0 saturated carbocycles. The highest BCUT2D eigenvalue weighted by Crippen LogP contribution is 2.24. The fourth-order valence-electron chi connectivity index (χ4n) is 1.45. The van der Waals surface area contributed by atoms with Crippen LogP contribution in [0, 0.1) is 6.92 Å². The number of hydrogen-bond acceptors (Lipinski definition) is 4. The predicted molar refractivity (Wildman–Crippen MR) is 71.4 cm³/mol. The fourth-order valence-corrected chi connectivity index (χ4v) is 1.45. The summed E-state index contributed by atoms with van der Waals surface area (Å²) in [6.07, 6.45) is -0.617. The van der Waals surface area contributed by atoms with Crippen LogP contribution in [0.5, 0.6) is 5.75 Å². The molecule has 0 aliphatic carbocycles. The maximum absolute atomic E-state index is 11.7. The van der Waals surface area contributed by atoms with Gasteiger partial charge < -0.3 is 20.1 Å². The van der Waals surface area contributed by atoms with Crippen LogP contribution in [0.1, 0.15) is 12.5 Å². The first kappa shape index (κ1) is 14.8. The van der Waals surface area contributed by atoms with Gasteiger partial charge in [-0.2, -0.15) is 0 Å². The minimum absolute atomic E-state index is 0.157. The summed E-state index contributed by atoms with van der Waals surface area (Å²) in [7, 11) is 1.52. The molecule has 0 radical (unpaired) electrons. The number of hydrogen-bond donors (Lipinski definition) is 2. The van der Waals surface area contributed by atoms with Gasteiger partial charge in [0.25, 0.3) is 0 Å². The maximum Gasteiger partial charge on any atom is 0.407 e. The third-order valence-electron chi connectivity index (χ3n) is 2.30. The highest BCUT2D eigenvalue weighted by atomic mass is 16.5. The van der Waals surface area contributed by atoms with Gasteiger partial charge in [0.2, 0.25) is 5.91 Å². The number of carbonyl (C=O) groups excluding carboxylic acids is 2. The summed E-state index contributed by atoms with van der Waals surface area (Å²) in [4.78, 5) is 22.7. The van der Waals surface area contributed by atoms with Crippen LogP contribution in [0.15, 0.2) is 18.2 Å². The Hall–Kier alpha value is -2.24. The van der Waals surface area contributed by atoms with E-state index in [0.29, 0.717) is 11.4 Å². The number of benzene rings is 1. The summed E-state index contributed by atoms with van der Waals surface area (Å²) in [6.45, 7) is 3.71. The molecule has 0 heterocycles. The quantitative estimate of drug-likeness (QED) is 0.850. The molecule has 1 rings (SSSR count). The summed E-state index contributed by atoms with van der Waals surface area (Å²) < 4.78 is 9.79. The lowest BCUT2D eigenvalue weighted by Crippen LogP contribution is -2.33. The first-order valence-electron chi connectivity index (χ1n) is 5.92. The Balaban J connectivity index is 2.57. The van der Waals surface area contributed by atoms with Crippen molar-refractivity contribution in [1.29, 1.82) is 0 Å². The third kappa shape index (κ3) is 4.87. The van der Waals surface area contributed by atoms with Crippen LogP contribution in [0.3, 0.4) is 0 Å². The number of amides is 2. The number of rotatable bonds is 5. The molecule has 6 heteroatoms. The zero-order chi connectivity index (χ0) is 14.3. The highest BCUT2D eigenvalue weighted by molar-refractivity contribution is 5.95. The van der Waals surface area contributed by atoms with Crippen LogP contribution in [0.2, 0.25) is 0 Å². The van der Waals surface area contributed by atoms with Gasteiger partial charge in [0.05, 0.1) is 19.4 Å². The van der Waals surface area contributed by atoms with E-state index < -0.39 is 6.09 Å². The summed E-state index contributed by atoms with van der Waals surface area (Å²) in [5.74, 6) is 0.215. The molecule has 0 spiro atoms. The molecule has 0 bridgehead atoms. The molecule has 0 unspecified atom stereocenters. The molecule has 2 N–H and O–H groups in total. The number of carbonyl (C=O) groups is 2. The second-order valence-electron chi connectivity index (χ2n) is 3.83. The third-order valence-corrected chi connectivity index (χ3v) is 2.30. The van der Waals surface area contributed by atoms with Gasteiger partial charge in [-0.3, -0.25) is 4.79 Å². The smallest absolute Gasteiger partial charge is 0.407 e. The molecule has 6 nitrogen and oxygen atoms in total. The standard InChI is InChI=1S/C13H18N2O4/c1-4-19-13(17)14-8-12(16)15-10-7-9(2)5-6-11(10)18-3/h5-7H,4,8H2,1-3H3,(H,14,17)(H,15,16). The summed E-state index contributed by atoms with van der Waals surface area (Å²) in [5, 5.41) is 5.01. The Labute approximate surface area is 112 Å². The van der Waals surface area contributed by atoms with Crippen molar-refractivity contribution in [2.24, 2.45) is 0 Å². The Morgan fingerprint density at radius 3 is 2.68 bits per heavy atom. The minimum atomic E-state index is -0.617. The number of aryl methyl sites for hydroxylation is 1. The largest absolute Gasteiger partial charge is 0.495 e. The Bertz CT molecular complexity index is 460. The molecular weight excluding hydrogens is 248 g/mol. The van der Waals surface area contributed by atoms with Gasteiger partial charge in [0, 0.05) is 0 Å². The first-order chi connectivity index (χ1) is 9.06. The predicted octanol–water partition coefficient (Wildman–Crippen LogP) is 1.69. The molecule has 1 aromatic carbocycles. The van der Waals surface area contributed by atoms with E-state index in [-0.39, 0.29) is 19.1 Å². The lowest BCUT2D eigenvalue weighted by molar-refractivity contribution is -0.115. The zero-order valence-corrected chi connectivity index (χ0v) is 11.3. The van der Waals surface area contributed by atoms with Crippen LogP contribution in [-0.4, -0.2) is 32.3 Å². The van der Waals surface area contributed by atoms with Crippen molar-refractivity contribution in [3.63, 3.8) is 0 Å². The molecule has 0 aliphatic rings. The molecule has 0 fully saturated rings. The van der Waals surface area contributed by atoms with Gasteiger partial charge in [0.15, 0.2) is 0 Å². The average Bonchev–Trinajstić information content (AvgIpc) is 2.37. The van der Waals surface area contributed by atoms with Gasteiger partial charge in [-0.25, -0.2) is 4.79 Å². The maximum atomic E-state index is 11.7. The fraction of sp³-hybridized carbons (Fsp3) is 0.385. The van der Waals surface area contributed by atoms with Crippen molar-refractivity contribution >= 4 is 17.7 Å². The van der Waals surface area contributed by atoms with E-state index in [2.05, 4.69) is 15.4 Å². The van der Waals surface area contributed by atoms with E-state index in [1.807, 2.05) is 13.0 Å². The van der Waals surface area contributed by atoms with Crippen LogP contribution in [-0.2, 0) is 9.53 Å². The topological polar surface area (TPSA) is 76.7 Å². The summed E-state index contributed by atoms with van der Waals surface area (Å²) in [5.41, 5.74) is 1.56. The monoisotopic (exact) mass is 266 g/mol. The van der Waals surface area contributed by atoms with Crippen molar-refractivity contribution < 1.29 is 19.1 Å². The molecule has 19 heavy (non-hydrogen) atoms. The van der Waals surface area contributed by atoms with E-state index in [4.69, 9.17) is 4.74 Å². The van der Waals surface area contributed by atoms with Crippen molar-refractivity contribution in [2.75, 3.05) is 25.6 Å². The van der Waals surface area contributed by atoms with E-state index >= 15 is 0 Å². The lowest BCUT2D eigenvalue weighted by atomic mass is 10.2. The number of ether oxygens (including phenoxy) is 2. The first-order valence-corrected chi connectivity index (χ1v) is 5.92. The molecule has 0 aromatic heterocycles. The molecule has 0 aliphatic heterocycles. The van der Waals surface area contributed by atoms with Crippen LogP contribution in [0.4, 0.5) is 10.5 Å². The van der Waals surface area contributed by atoms with Crippen molar-refractivity contribution in [3.8, 4) is 5.75 Å². The summed E-state index contributed by atoms with van der Waals surface area (Å²) in [6, 6.07) is 5.44. The minimum Gasteiger partial charge on any atom is -0.495 e. The van der Waals surface area contributed by atoms with Crippen LogP contribution >= 0.6 is 0 Å². The molecule has 0 atom stereocenters. The van der Waals surface area contributed by atoms with Crippen molar-refractivity contribution in [3.05, 3.63) is 23.8 Å². The van der Waals surface area contributed by atoms with E-state index in [1.54, 1.807) is 19.1 Å². The second-order valence-corrected chi connectivity index (χ2v) is 3.83. The van der Waals surface area contributed by atoms with E-state index in [0.717, 1.165) is 5.56 Å². The highest BCUT2D eigenvalue weighted by Gasteiger charge is 2.09. The van der Waals surface area contributed by atoms with E-state index in [9.17, 15) is 9.59 Å². The lowest BCUT2D eigenvalue weighted by Gasteiger charge is -2.11. The molecule has 0 saturated heterocycles. The Morgan fingerprint density at radius 2 is 2.05 bits per heavy atom. The molecule has 2 amide bonds. The Morgan fingerprint density at radius 1 is 1.32 bits per heavy atom. The second kappa shape index (κ2) is 7.25. The number of anilines is 1. The van der Waals surface area contributed by atoms with Crippen LogP contribution in [0.25, 0.3) is 0 Å². The number of methoxy groups -OCH3 is 1. The van der Waals surface area contributed by atoms with Crippen molar-refractivity contribution in [1.82, 2.24) is 5.32 Å². The normalized spacial score (nSPS) is 9.63. The van der Waals surface area contributed by atoms with Gasteiger partial charge >= 0.3 is 6.09 Å². The Kier molecular flexibility index (Phi) is 5.66. The number of alkyl carbamates (subject to hydrolysis) is 1. The van der Waals surface area contributed by atoms with Crippen molar-refractivity contribution in [2.45, 2.75) is 13.8 Å².